The molecule has 0 bridgehead atoms. The molecule has 0 saturated carbocycles. The van der Waals surface area contributed by atoms with Crippen LogP contribution in [0.15, 0.2) is 47.5 Å². The largest absolute Gasteiger partial charge is 0.294 e. The lowest BCUT2D eigenvalue weighted by atomic mass is 10.1. The van der Waals surface area contributed by atoms with Crippen molar-refractivity contribution in [2.45, 2.75) is 44.9 Å². The van der Waals surface area contributed by atoms with Crippen LogP contribution in [-0.2, 0) is 16.5 Å². The summed E-state index contributed by atoms with van der Waals surface area (Å²) in [5.41, 5.74) is 3.53. The highest BCUT2D eigenvalue weighted by Gasteiger charge is 2.06. The third kappa shape index (κ3) is 6.37. The van der Waals surface area contributed by atoms with Crippen molar-refractivity contribution < 1.29 is 13.0 Å². The Labute approximate surface area is 133 Å². The molecule has 2 rings (SSSR count). The topological polar surface area (TPSA) is 67.3 Å². The van der Waals surface area contributed by atoms with Crippen molar-refractivity contribution in [1.82, 2.24) is 4.98 Å². The molecule has 2 aromatic rings. The van der Waals surface area contributed by atoms with Crippen molar-refractivity contribution >= 4 is 10.1 Å². The number of nitrogens with zero attached hydrogens (tertiary/aromatic N) is 1. The molecule has 0 radical (unpaired) electrons. The van der Waals surface area contributed by atoms with E-state index in [0.717, 1.165) is 12.0 Å². The Kier molecular flexibility index (Phi) is 7.21. The summed E-state index contributed by atoms with van der Waals surface area (Å²) in [5, 5.41) is 0. The molecule has 1 aromatic carbocycles. The third-order valence-corrected chi connectivity index (χ3v) is 4.07. The SMILES string of the molecule is CCCCc1ncccc1C.Cc1ccc(S(=O)(=O)O)cc1. The standard InChI is InChI=1S/C10H15N.C7H8O3S/c1-3-4-7-10-9(2)6-5-8-11-10;1-6-2-4-7(5-3-6)11(8,9)10/h5-6,8H,3-4,7H2,1-2H3;2-5H,1H3,(H,8,9,10). The van der Waals surface area contributed by atoms with Crippen LogP contribution in [0.5, 0.6) is 0 Å². The Balaban J connectivity index is 0.000000220. The summed E-state index contributed by atoms with van der Waals surface area (Å²) >= 11 is 0. The van der Waals surface area contributed by atoms with Gasteiger partial charge in [-0.2, -0.15) is 8.42 Å². The summed E-state index contributed by atoms with van der Waals surface area (Å²) < 4.78 is 29.6. The summed E-state index contributed by atoms with van der Waals surface area (Å²) in [6.07, 6.45) is 5.50. The van der Waals surface area contributed by atoms with Gasteiger partial charge in [0, 0.05) is 11.9 Å². The van der Waals surface area contributed by atoms with E-state index in [0.29, 0.717) is 0 Å². The molecule has 1 N–H and O–H groups in total. The Bertz CT molecular complexity index is 679. The molecule has 22 heavy (non-hydrogen) atoms. The number of aryl methyl sites for hydroxylation is 3. The molecule has 0 amide bonds. The van der Waals surface area contributed by atoms with Crippen LogP contribution in [0.2, 0.25) is 0 Å². The Morgan fingerprint density at radius 1 is 1.09 bits per heavy atom. The minimum absolute atomic E-state index is 0.0666. The molecule has 0 fully saturated rings. The second-order valence-corrected chi connectivity index (χ2v) is 6.58. The molecule has 0 aliphatic rings. The van der Waals surface area contributed by atoms with Gasteiger partial charge in [-0.05, 0) is 50.5 Å². The first-order chi connectivity index (χ1) is 10.3. The van der Waals surface area contributed by atoms with E-state index in [9.17, 15) is 8.42 Å². The maximum Gasteiger partial charge on any atom is 0.294 e. The van der Waals surface area contributed by atoms with Gasteiger partial charge in [0.05, 0.1) is 4.90 Å². The van der Waals surface area contributed by atoms with Crippen molar-refractivity contribution in [1.29, 1.82) is 0 Å². The summed E-state index contributed by atoms with van der Waals surface area (Å²) in [6.45, 7) is 6.17. The number of aromatic nitrogens is 1. The van der Waals surface area contributed by atoms with Crippen LogP contribution >= 0.6 is 0 Å². The molecule has 0 aliphatic carbocycles. The second kappa shape index (κ2) is 8.66. The normalized spacial score (nSPS) is 10.7. The molecule has 0 saturated heterocycles. The predicted molar refractivity (Wildman–Crippen MR) is 88.6 cm³/mol. The van der Waals surface area contributed by atoms with E-state index in [1.807, 2.05) is 19.2 Å². The van der Waals surface area contributed by atoms with E-state index < -0.39 is 10.1 Å². The van der Waals surface area contributed by atoms with Crippen molar-refractivity contribution in [2.24, 2.45) is 0 Å². The van der Waals surface area contributed by atoms with Crippen molar-refractivity contribution in [2.75, 3.05) is 0 Å². The van der Waals surface area contributed by atoms with Crippen LogP contribution in [0.4, 0.5) is 0 Å². The molecule has 0 atom stereocenters. The summed E-state index contributed by atoms with van der Waals surface area (Å²) in [7, 11) is -4.02. The van der Waals surface area contributed by atoms with Gasteiger partial charge >= 0.3 is 0 Å². The van der Waals surface area contributed by atoms with E-state index in [4.69, 9.17) is 4.55 Å². The lowest BCUT2D eigenvalue weighted by Crippen LogP contribution is -1.96. The molecule has 5 heteroatoms. The Hall–Kier alpha value is -1.72. The molecule has 0 aliphatic heterocycles. The molecule has 1 aromatic heterocycles. The molecule has 0 unspecified atom stereocenters. The van der Waals surface area contributed by atoms with Gasteiger partial charge in [-0.15, -0.1) is 0 Å². The number of pyridine rings is 1. The van der Waals surface area contributed by atoms with Crippen LogP contribution in [0.1, 0.15) is 36.6 Å². The van der Waals surface area contributed by atoms with Crippen LogP contribution in [0.25, 0.3) is 0 Å². The fraction of sp³-hybridized carbons (Fsp3) is 0.353. The maximum atomic E-state index is 10.5. The Morgan fingerprint density at radius 2 is 1.73 bits per heavy atom. The van der Waals surface area contributed by atoms with E-state index in [-0.39, 0.29) is 4.90 Å². The van der Waals surface area contributed by atoms with Crippen molar-refractivity contribution in [3.05, 3.63) is 59.4 Å². The highest BCUT2D eigenvalue weighted by molar-refractivity contribution is 7.85. The van der Waals surface area contributed by atoms with E-state index in [2.05, 4.69) is 24.9 Å². The smallest absolute Gasteiger partial charge is 0.282 e. The quantitative estimate of drug-likeness (QED) is 0.865. The van der Waals surface area contributed by atoms with E-state index >= 15 is 0 Å². The number of hydrogen-bond donors (Lipinski definition) is 1. The van der Waals surface area contributed by atoms with Gasteiger partial charge in [-0.3, -0.25) is 9.54 Å². The number of unbranched alkanes of at least 4 members (excludes halogenated alkanes) is 1. The van der Waals surface area contributed by atoms with Crippen LogP contribution in [-0.4, -0.2) is 18.0 Å². The average molecular weight is 321 g/mol. The zero-order valence-corrected chi connectivity index (χ0v) is 14.1. The lowest BCUT2D eigenvalue weighted by Gasteiger charge is -2.01. The van der Waals surface area contributed by atoms with Gasteiger partial charge < -0.3 is 0 Å². The van der Waals surface area contributed by atoms with Gasteiger partial charge in [-0.25, -0.2) is 0 Å². The highest BCUT2D eigenvalue weighted by Crippen LogP contribution is 2.08. The predicted octanol–water partition coefficient (Wildman–Crippen LogP) is 3.97. The summed E-state index contributed by atoms with van der Waals surface area (Å²) in [5.74, 6) is 0. The zero-order chi connectivity index (χ0) is 16.6. The third-order valence-electron chi connectivity index (χ3n) is 3.20. The van der Waals surface area contributed by atoms with E-state index in [1.165, 1.54) is 36.2 Å². The van der Waals surface area contributed by atoms with Crippen LogP contribution in [0, 0.1) is 13.8 Å². The monoisotopic (exact) mass is 321 g/mol. The van der Waals surface area contributed by atoms with Gasteiger partial charge in [0.15, 0.2) is 0 Å². The summed E-state index contributed by atoms with van der Waals surface area (Å²) in [4.78, 5) is 4.25. The first-order valence-electron chi connectivity index (χ1n) is 7.29. The van der Waals surface area contributed by atoms with Crippen molar-refractivity contribution in [3.8, 4) is 0 Å². The molecule has 1 heterocycles. The number of hydrogen-bond acceptors (Lipinski definition) is 3. The highest BCUT2D eigenvalue weighted by atomic mass is 32.2. The van der Waals surface area contributed by atoms with Crippen LogP contribution < -0.4 is 0 Å². The number of rotatable bonds is 4. The molecular formula is C17H23NO3S. The van der Waals surface area contributed by atoms with Crippen molar-refractivity contribution in [3.63, 3.8) is 0 Å². The average Bonchev–Trinajstić information content (AvgIpc) is 2.47. The Morgan fingerprint density at radius 3 is 2.23 bits per heavy atom. The molecule has 4 nitrogen and oxygen atoms in total. The zero-order valence-electron chi connectivity index (χ0n) is 13.3. The van der Waals surface area contributed by atoms with Gasteiger partial charge in [0.2, 0.25) is 0 Å². The molecule has 120 valence electrons. The maximum absolute atomic E-state index is 10.5. The lowest BCUT2D eigenvalue weighted by molar-refractivity contribution is 0.483. The number of benzene rings is 1. The fourth-order valence-corrected chi connectivity index (χ4v) is 2.31. The molecular weight excluding hydrogens is 298 g/mol. The first-order valence-corrected chi connectivity index (χ1v) is 8.73. The van der Waals surface area contributed by atoms with Gasteiger partial charge in [0.25, 0.3) is 10.1 Å². The van der Waals surface area contributed by atoms with Gasteiger partial charge in [-0.1, -0.05) is 37.1 Å². The minimum Gasteiger partial charge on any atom is -0.282 e. The molecule has 0 spiro atoms. The van der Waals surface area contributed by atoms with E-state index in [1.54, 1.807) is 12.1 Å². The first kappa shape index (κ1) is 18.3. The summed E-state index contributed by atoms with van der Waals surface area (Å²) in [6, 6.07) is 10.1. The van der Waals surface area contributed by atoms with Crippen LogP contribution in [0.3, 0.4) is 0 Å². The second-order valence-electron chi connectivity index (χ2n) is 5.16. The minimum atomic E-state index is -4.02. The fourth-order valence-electron chi connectivity index (χ4n) is 1.83. The van der Waals surface area contributed by atoms with Gasteiger partial charge in [0.1, 0.15) is 0 Å².